The summed E-state index contributed by atoms with van der Waals surface area (Å²) in [7, 11) is 0. The van der Waals surface area contributed by atoms with Crippen molar-refractivity contribution in [1.29, 1.82) is 0 Å². The molecular weight excluding hydrogens is 457 g/mol. The summed E-state index contributed by atoms with van der Waals surface area (Å²) in [5.74, 6) is -0.638. The van der Waals surface area contributed by atoms with Gasteiger partial charge in [-0.3, -0.25) is 19.3 Å². The Hall–Kier alpha value is -3.20. The lowest BCUT2D eigenvalue weighted by Gasteiger charge is -2.32. The Kier molecular flexibility index (Phi) is 5.78. The van der Waals surface area contributed by atoms with Gasteiger partial charge in [0.2, 0.25) is 0 Å². The Labute approximate surface area is 193 Å². The van der Waals surface area contributed by atoms with Gasteiger partial charge in [0.05, 0.1) is 22.8 Å². The summed E-state index contributed by atoms with van der Waals surface area (Å²) < 4.78 is 40.8. The van der Waals surface area contributed by atoms with Crippen molar-refractivity contribution in [2.24, 2.45) is 0 Å². The molecule has 172 valence electrons. The van der Waals surface area contributed by atoms with Crippen molar-refractivity contribution in [1.82, 2.24) is 14.8 Å². The van der Waals surface area contributed by atoms with Gasteiger partial charge in [-0.25, -0.2) is 0 Å². The van der Waals surface area contributed by atoms with E-state index in [1.807, 2.05) is 6.92 Å². The van der Waals surface area contributed by atoms with E-state index in [4.69, 9.17) is 11.6 Å². The first-order valence-electron chi connectivity index (χ1n) is 10.2. The van der Waals surface area contributed by atoms with Crippen LogP contribution in [0.4, 0.5) is 18.9 Å². The van der Waals surface area contributed by atoms with Crippen LogP contribution in [0.3, 0.4) is 0 Å². The standard InChI is InChI=1S/C23H20ClF3N4O2/c1-12-6-15(7-13(2)29-12)20(32)8-16-10-28-31-14(3)11-30(22(33)21(16)31)17-4-5-18(19(24)9-17)23(25,26)27/h4-7,9-10,14H,8,11H2,1-3H3/t14-/m0/s1. The van der Waals surface area contributed by atoms with Crippen LogP contribution in [-0.2, 0) is 12.6 Å². The van der Waals surface area contributed by atoms with E-state index in [1.165, 1.54) is 17.2 Å². The molecule has 1 aromatic carbocycles. The molecule has 0 aliphatic carbocycles. The van der Waals surface area contributed by atoms with E-state index in [0.29, 0.717) is 22.5 Å². The number of amides is 1. The smallest absolute Gasteiger partial charge is 0.305 e. The number of ketones is 1. The van der Waals surface area contributed by atoms with Crippen LogP contribution < -0.4 is 4.90 Å². The second-order valence-corrected chi connectivity index (χ2v) is 8.54. The zero-order valence-electron chi connectivity index (χ0n) is 18.1. The third-order valence-electron chi connectivity index (χ3n) is 5.51. The van der Waals surface area contributed by atoms with Gasteiger partial charge in [-0.1, -0.05) is 11.6 Å². The lowest BCUT2D eigenvalue weighted by atomic mass is 10.0. The Balaban J connectivity index is 1.66. The molecule has 1 aliphatic heterocycles. The van der Waals surface area contributed by atoms with Crippen LogP contribution in [0.5, 0.6) is 0 Å². The van der Waals surface area contributed by atoms with Crippen LogP contribution in [0.25, 0.3) is 0 Å². The zero-order valence-corrected chi connectivity index (χ0v) is 18.8. The molecule has 0 saturated carbocycles. The van der Waals surface area contributed by atoms with Crippen molar-refractivity contribution in [3.05, 3.63) is 75.3 Å². The summed E-state index contributed by atoms with van der Waals surface area (Å²) in [5.41, 5.74) is 1.88. The zero-order chi connectivity index (χ0) is 24.1. The summed E-state index contributed by atoms with van der Waals surface area (Å²) in [6, 6.07) is 6.33. The largest absolute Gasteiger partial charge is 0.417 e. The van der Waals surface area contributed by atoms with Gasteiger partial charge < -0.3 is 4.90 Å². The van der Waals surface area contributed by atoms with Gasteiger partial charge in [0.1, 0.15) is 5.69 Å². The molecule has 0 unspecified atom stereocenters. The second-order valence-electron chi connectivity index (χ2n) is 8.13. The number of carbonyl (C=O) groups is 2. The molecule has 1 amide bonds. The van der Waals surface area contributed by atoms with Crippen LogP contribution in [0.15, 0.2) is 36.5 Å². The highest BCUT2D eigenvalue weighted by Crippen LogP contribution is 2.38. The molecule has 3 heterocycles. The number of aromatic nitrogens is 3. The molecule has 6 nitrogen and oxygen atoms in total. The third-order valence-corrected chi connectivity index (χ3v) is 5.82. The Morgan fingerprint density at radius 2 is 1.85 bits per heavy atom. The molecule has 33 heavy (non-hydrogen) atoms. The van der Waals surface area contributed by atoms with E-state index in [-0.39, 0.29) is 36.2 Å². The maximum atomic E-state index is 13.3. The number of rotatable bonds is 4. The van der Waals surface area contributed by atoms with E-state index in [9.17, 15) is 22.8 Å². The van der Waals surface area contributed by atoms with Crippen molar-refractivity contribution in [3.8, 4) is 0 Å². The second kappa shape index (κ2) is 8.30. The van der Waals surface area contributed by atoms with Gasteiger partial charge in [0.15, 0.2) is 5.78 Å². The Bertz CT molecular complexity index is 1250. The fourth-order valence-electron chi connectivity index (χ4n) is 4.04. The molecular formula is C23H20ClF3N4O2. The molecule has 0 radical (unpaired) electrons. The fourth-order valence-corrected chi connectivity index (χ4v) is 4.33. The maximum absolute atomic E-state index is 13.3. The van der Waals surface area contributed by atoms with Gasteiger partial charge in [-0.05, 0) is 51.1 Å². The average Bonchev–Trinajstić information content (AvgIpc) is 3.13. The number of pyridine rings is 1. The number of nitrogens with zero attached hydrogens (tertiary/aromatic N) is 4. The van der Waals surface area contributed by atoms with E-state index in [2.05, 4.69) is 10.1 Å². The van der Waals surface area contributed by atoms with Crippen LogP contribution in [0.2, 0.25) is 5.02 Å². The molecule has 0 N–H and O–H groups in total. The van der Waals surface area contributed by atoms with Gasteiger partial charge in [0.25, 0.3) is 5.91 Å². The van der Waals surface area contributed by atoms with Crippen molar-refractivity contribution in [2.75, 3.05) is 11.4 Å². The topological polar surface area (TPSA) is 68.1 Å². The number of alkyl halides is 3. The first-order chi connectivity index (χ1) is 15.5. The number of anilines is 1. The molecule has 1 atom stereocenters. The molecule has 1 aliphatic rings. The van der Waals surface area contributed by atoms with Crippen LogP contribution in [0.1, 0.15) is 56.3 Å². The maximum Gasteiger partial charge on any atom is 0.417 e. The summed E-state index contributed by atoms with van der Waals surface area (Å²) in [6.07, 6.45) is -3.14. The molecule has 2 aromatic heterocycles. The van der Waals surface area contributed by atoms with Crippen LogP contribution in [0, 0.1) is 13.8 Å². The van der Waals surface area contributed by atoms with Gasteiger partial charge in [0, 0.05) is 41.2 Å². The number of aryl methyl sites for hydroxylation is 2. The van der Waals surface area contributed by atoms with E-state index in [1.54, 1.807) is 30.7 Å². The quantitative estimate of drug-likeness (QED) is 0.484. The van der Waals surface area contributed by atoms with E-state index in [0.717, 1.165) is 12.1 Å². The number of fused-ring (bicyclic) bond motifs is 1. The highest BCUT2D eigenvalue weighted by Gasteiger charge is 2.36. The van der Waals surface area contributed by atoms with E-state index < -0.39 is 22.7 Å². The molecule has 10 heteroatoms. The lowest BCUT2D eigenvalue weighted by Crippen LogP contribution is -2.43. The normalized spacial score (nSPS) is 16.2. The number of halogens is 4. The molecule has 3 aromatic rings. The predicted molar refractivity (Wildman–Crippen MR) is 117 cm³/mol. The molecule has 0 bridgehead atoms. The van der Waals surface area contributed by atoms with Crippen LogP contribution in [-0.4, -0.2) is 33.0 Å². The third kappa shape index (κ3) is 4.37. The van der Waals surface area contributed by atoms with Gasteiger partial charge in [-0.15, -0.1) is 0 Å². The van der Waals surface area contributed by atoms with Crippen molar-refractivity contribution in [2.45, 2.75) is 39.4 Å². The molecule has 0 spiro atoms. The average molecular weight is 477 g/mol. The SMILES string of the molecule is Cc1cc(C(=O)Cc2cnn3c2C(=O)N(c2ccc(C(F)(F)F)c(Cl)c2)C[C@@H]3C)cc(C)n1. The minimum absolute atomic E-state index is 0.0434. The van der Waals surface area contributed by atoms with Crippen LogP contribution >= 0.6 is 11.6 Å². The summed E-state index contributed by atoms with van der Waals surface area (Å²) >= 11 is 5.86. The number of benzene rings is 1. The lowest BCUT2D eigenvalue weighted by molar-refractivity contribution is -0.137. The minimum Gasteiger partial charge on any atom is -0.305 e. The van der Waals surface area contributed by atoms with Crippen molar-refractivity contribution >= 4 is 29.0 Å². The van der Waals surface area contributed by atoms with Gasteiger partial charge in [-0.2, -0.15) is 18.3 Å². The first kappa shape index (κ1) is 23.0. The highest BCUT2D eigenvalue weighted by atomic mass is 35.5. The first-order valence-corrected chi connectivity index (χ1v) is 10.6. The number of hydrogen-bond donors (Lipinski definition) is 0. The fraction of sp³-hybridized carbons (Fsp3) is 0.304. The molecule has 4 rings (SSSR count). The monoisotopic (exact) mass is 476 g/mol. The number of hydrogen-bond acceptors (Lipinski definition) is 4. The van der Waals surface area contributed by atoms with Crippen molar-refractivity contribution in [3.63, 3.8) is 0 Å². The summed E-state index contributed by atoms with van der Waals surface area (Å²) in [5, 5.41) is 3.80. The molecule has 0 fully saturated rings. The van der Waals surface area contributed by atoms with Gasteiger partial charge >= 0.3 is 6.18 Å². The Morgan fingerprint density at radius 3 is 2.45 bits per heavy atom. The predicted octanol–water partition coefficient (Wildman–Crippen LogP) is 5.21. The number of Topliss-reactive ketones (excluding diaryl/α,β-unsaturated/α-hetero) is 1. The van der Waals surface area contributed by atoms with Crippen molar-refractivity contribution < 1.29 is 22.8 Å². The molecule has 0 saturated heterocycles. The number of carbonyl (C=O) groups excluding carboxylic acids is 2. The Morgan fingerprint density at radius 1 is 1.18 bits per heavy atom. The summed E-state index contributed by atoms with van der Waals surface area (Å²) in [4.78, 5) is 31.9. The van der Waals surface area contributed by atoms with E-state index >= 15 is 0 Å². The minimum atomic E-state index is -4.59. The highest BCUT2D eigenvalue weighted by molar-refractivity contribution is 6.31. The summed E-state index contributed by atoms with van der Waals surface area (Å²) in [6.45, 7) is 5.63.